The minimum absolute atomic E-state index is 0.146. The fourth-order valence-electron chi connectivity index (χ4n) is 1.44. The molecule has 1 atom stereocenters. The maximum atomic E-state index is 12.1. The largest absolute Gasteiger partial charge is 0.481 e. The number of hydrogen-bond acceptors (Lipinski definition) is 4. The number of rotatable bonds is 6. The van der Waals surface area contributed by atoms with Gasteiger partial charge in [-0.3, -0.25) is 4.79 Å². The van der Waals surface area contributed by atoms with E-state index < -0.39 is 22.0 Å². The van der Waals surface area contributed by atoms with Crippen LogP contribution in [0.15, 0.2) is 23.2 Å². The number of halogens is 1. The van der Waals surface area contributed by atoms with E-state index in [9.17, 15) is 13.2 Å². The van der Waals surface area contributed by atoms with Crippen LogP contribution in [0.2, 0.25) is 5.15 Å². The van der Waals surface area contributed by atoms with Crippen molar-refractivity contribution in [3.8, 4) is 0 Å². The zero-order valence-corrected chi connectivity index (χ0v) is 12.1. The van der Waals surface area contributed by atoms with Gasteiger partial charge in [0.1, 0.15) is 10.0 Å². The highest BCUT2D eigenvalue weighted by Gasteiger charge is 2.26. The van der Waals surface area contributed by atoms with Crippen molar-refractivity contribution >= 4 is 27.6 Å². The van der Waals surface area contributed by atoms with E-state index in [1.165, 1.54) is 18.3 Å². The second-order valence-electron chi connectivity index (χ2n) is 4.36. The molecule has 106 valence electrons. The molecule has 1 heterocycles. The third kappa shape index (κ3) is 4.45. The molecule has 0 fully saturated rings. The van der Waals surface area contributed by atoms with Gasteiger partial charge in [-0.15, -0.1) is 0 Å². The van der Waals surface area contributed by atoms with Gasteiger partial charge >= 0.3 is 5.97 Å². The fraction of sp³-hybridized carbons (Fsp3) is 0.455. The van der Waals surface area contributed by atoms with E-state index in [-0.39, 0.29) is 22.4 Å². The lowest BCUT2D eigenvalue weighted by Gasteiger charge is -2.20. The summed E-state index contributed by atoms with van der Waals surface area (Å²) in [7, 11) is -3.89. The molecular weight excluding hydrogens is 292 g/mol. The van der Waals surface area contributed by atoms with Crippen LogP contribution in [0.5, 0.6) is 0 Å². The number of aromatic nitrogens is 1. The van der Waals surface area contributed by atoms with Crippen LogP contribution in [-0.2, 0) is 14.8 Å². The van der Waals surface area contributed by atoms with Gasteiger partial charge in [0.2, 0.25) is 10.0 Å². The van der Waals surface area contributed by atoms with Crippen molar-refractivity contribution in [1.29, 1.82) is 0 Å². The SMILES string of the molecule is CC(C)C(CC(=O)O)NS(=O)(=O)c1cccnc1Cl. The van der Waals surface area contributed by atoms with Gasteiger partial charge in [-0.05, 0) is 18.1 Å². The van der Waals surface area contributed by atoms with Crippen LogP contribution in [0.3, 0.4) is 0 Å². The van der Waals surface area contributed by atoms with E-state index in [4.69, 9.17) is 16.7 Å². The molecule has 0 aromatic carbocycles. The Morgan fingerprint density at radius 3 is 2.63 bits per heavy atom. The molecule has 0 radical (unpaired) electrons. The number of carbonyl (C=O) groups is 1. The molecule has 1 aromatic rings. The van der Waals surface area contributed by atoms with Crippen LogP contribution < -0.4 is 4.72 Å². The van der Waals surface area contributed by atoms with Crippen LogP contribution in [0.25, 0.3) is 0 Å². The lowest BCUT2D eigenvalue weighted by molar-refractivity contribution is -0.137. The van der Waals surface area contributed by atoms with E-state index in [1.807, 2.05) is 0 Å². The van der Waals surface area contributed by atoms with Gasteiger partial charge in [0.25, 0.3) is 0 Å². The monoisotopic (exact) mass is 306 g/mol. The molecular formula is C11H15ClN2O4S. The average Bonchev–Trinajstić information content (AvgIpc) is 2.27. The number of carboxylic acid groups (broad SMARTS) is 1. The van der Waals surface area contributed by atoms with Crippen LogP contribution >= 0.6 is 11.6 Å². The van der Waals surface area contributed by atoms with Gasteiger partial charge in [-0.1, -0.05) is 25.4 Å². The summed E-state index contributed by atoms with van der Waals surface area (Å²) in [6.07, 6.45) is 1.08. The maximum Gasteiger partial charge on any atom is 0.304 e. The molecule has 0 aliphatic carbocycles. The van der Waals surface area contributed by atoms with E-state index in [0.717, 1.165) is 0 Å². The molecule has 2 N–H and O–H groups in total. The highest BCUT2D eigenvalue weighted by molar-refractivity contribution is 7.89. The lowest BCUT2D eigenvalue weighted by Crippen LogP contribution is -2.40. The maximum absolute atomic E-state index is 12.1. The normalized spacial score (nSPS) is 13.5. The van der Waals surface area contributed by atoms with Crippen molar-refractivity contribution in [1.82, 2.24) is 9.71 Å². The number of nitrogens with one attached hydrogen (secondary N) is 1. The van der Waals surface area contributed by atoms with Gasteiger partial charge in [0.15, 0.2) is 0 Å². The first-order chi connectivity index (χ1) is 8.74. The molecule has 19 heavy (non-hydrogen) atoms. The first-order valence-corrected chi connectivity index (χ1v) is 7.45. The van der Waals surface area contributed by atoms with E-state index in [2.05, 4.69) is 9.71 Å². The third-order valence-electron chi connectivity index (χ3n) is 2.52. The number of aliphatic carboxylic acids is 1. The minimum atomic E-state index is -3.89. The summed E-state index contributed by atoms with van der Waals surface area (Å²) < 4.78 is 26.6. The Kier molecular flexibility index (Phi) is 5.28. The quantitative estimate of drug-likeness (QED) is 0.777. The highest BCUT2D eigenvalue weighted by atomic mass is 35.5. The number of hydrogen-bond donors (Lipinski definition) is 2. The highest BCUT2D eigenvalue weighted by Crippen LogP contribution is 2.19. The number of nitrogens with zero attached hydrogens (tertiary/aromatic N) is 1. The molecule has 0 saturated carbocycles. The van der Waals surface area contributed by atoms with E-state index in [0.29, 0.717) is 0 Å². The Labute approximate surface area is 116 Å². The third-order valence-corrected chi connectivity index (χ3v) is 4.45. The summed E-state index contributed by atoms with van der Waals surface area (Å²) in [5.41, 5.74) is 0. The molecule has 0 aliphatic rings. The first kappa shape index (κ1) is 15.9. The van der Waals surface area contributed by atoms with Gasteiger partial charge < -0.3 is 5.11 Å². The molecule has 0 aliphatic heterocycles. The Morgan fingerprint density at radius 1 is 1.53 bits per heavy atom. The van der Waals surface area contributed by atoms with Gasteiger partial charge in [-0.2, -0.15) is 0 Å². The summed E-state index contributed by atoms with van der Waals surface area (Å²) in [6, 6.07) is 2.05. The predicted octanol–water partition coefficient (Wildman–Crippen LogP) is 1.51. The van der Waals surface area contributed by atoms with Crippen molar-refractivity contribution in [3.05, 3.63) is 23.5 Å². The Hall–Kier alpha value is -1.18. The van der Waals surface area contributed by atoms with Crippen LogP contribution in [0, 0.1) is 5.92 Å². The van der Waals surface area contributed by atoms with Gasteiger partial charge in [-0.25, -0.2) is 18.1 Å². The fourth-order valence-corrected chi connectivity index (χ4v) is 3.27. The van der Waals surface area contributed by atoms with Gasteiger partial charge in [0, 0.05) is 12.2 Å². The molecule has 8 heteroatoms. The lowest BCUT2D eigenvalue weighted by atomic mass is 10.0. The number of pyridine rings is 1. The summed E-state index contributed by atoms with van der Waals surface area (Å²) in [5, 5.41) is 8.64. The molecule has 6 nitrogen and oxygen atoms in total. The molecule has 0 spiro atoms. The Bertz CT molecular complexity index is 560. The Balaban J connectivity index is 3.01. The standard InChI is InChI=1S/C11H15ClN2O4S/c1-7(2)8(6-10(15)16)14-19(17,18)9-4-3-5-13-11(9)12/h3-5,7-8,14H,6H2,1-2H3,(H,15,16). The summed E-state index contributed by atoms with van der Waals surface area (Å²) in [5.74, 6) is -1.24. The van der Waals surface area contributed by atoms with Crippen molar-refractivity contribution in [2.45, 2.75) is 31.2 Å². The molecule has 0 bridgehead atoms. The summed E-state index contributed by atoms with van der Waals surface area (Å²) in [4.78, 5) is 14.3. The minimum Gasteiger partial charge on any atom is -0.481 e. The Morgan fingerprint density at radius 2 is 2.16 bits per heavy atom. The molecule has 1 rings (SSSR count). The van der Waals surface area contributed by atoms with Crippen molar-refractivity contribution in [2.24, 2.45) is 5.92 Å². The van der Waals surface area contributed by atoms with E-state index in [1.54, 1.807) is 13.8 Å². The van der Waals surface area contributed by atoms with Crippen LogP contribution in [0.4, 0.5) is 0 Å². The average molecular weight is 307 g/mol. The van der Waals surface area contributed by atoms with Crippen LogP contribution in [-0.4, -0.2) is 30.5 Å². The predicted molar refractivity (Wildman–Crippen MR) is 70.4 cm³/mol. The zero-order valence-electron chi connectivity index (χ0n) is 10.5. The van der Waals surface area contributed by atoms with Crippen molar-refractivity contribution in [2.75, 3.05) is 0 Å². The summed E-state index contributed by atoms with van der Waals surface area (Å²) >= 11 is 5.73. The number of sulfonamides is 1. The molecule has 0 saturated heterocycles. The molecule has 0 amide bonds. The second-order valence-corrected chi connectivity index (χ2v) is 6.40. The zero-order chi connectivity index (χ0) is 14.6. The second kappa shape index (κ2) is 6.31. The van der Waals surface area contributed by atoms with Crippen molar-refractivity contribution < 1.29 is 18.3 Å². The molecule has 1 unspecified atom stereocenters. The van der Waals surface area contributed by atoms with Gasteiger partial charge in [0.05, 0.1) is 6.42 Å². The smallest absolute Gasteiger partial charge is 0.304 e. The van der Waals surface area contributed by atoms with Crippen LogP contribution in [0.1, 0.15) is 20.3 Å². The van der Waals surface area contributed by atoms with E-state index >= 15 is 0 Å². The molecule has 1 aromatic heterocycles. The topological polar surface area (TPSA) is 96.4 Å². The number of carboxylic acids is 1. The van der Waals surface area contributed by atoms with Crippen molar-refractivity contribution in [3.63, 3.8) is 0 Å². The first-order valence-electron chi connectivity index (χ1n) is 5.58. The summed E-state index contributed by atoms with van der Waals surface area (Å²) in [6.45, 7) is 3.47.